The lowest BCUT2D eigenvalue weighted by Gasteiger charge is -2.29. The number of thiophene rings is 1. The van der Waals surface area contributed by atoms with Gasteiger partial charge in [0.25, 0.3) is 0 Å². The minimum Gasteiger partial charge on any atom is -0.349 e. The number of rotatable bonds is 8. The van der Waals surface area contributed by atoms with E-state index in [-0.39, 0.29) is 31.3 Å². The zero-order chi connectivity index (χ0) is 30.6. The molecule has 1 saturated heterocycles. The van der Waals surface area contributed by atoms with Crippen molar-refractivity contribution in [3.8, 4) is 0 Å². The number of hydrogen-bond acceptors (Lipinski definition) is 7. The summed E-state index contributed by atoms with van der Waals surface area (Å²) in [5.74, 6) is -1.84. The summed E-state index contributed by atoms with van der Waals surface area (Å²) < 4.78 is 0. The summed E-state index contributed by atoms with van der Waals surface area (Å²) in [4.78, 5) is 69.0. The Morgan fingerprint density at radius 1 is 0.976 bits per heavy atom. The number of carbonyl (C=O) groups is 5. The Bertz CT molecular complexity index is 1210. The lowest BCUT2D eigenvalue weighted by molar-refractivity contribution is -0.137. The van der Waals surface area contributed by atoms with Crippen molar-refractivity contribution in [2.75, 3.05) is 25.1 Å². The van der Waals surface area contributed by atoms with Crippen molar-refractivity contribution in [3.63, 3.8) is 0 Å². The molecule has 3 rings (SSSR count). The molecule has 0 unspecified atom stereocenters. The van der Waals surface area contributed by atoms with Crippen LogP contribution in [-0.2, 0) is 36.8 Å². The molecule has 1 aliphatic rings. The van der Waals surface area contributed by atoms with Crippen LogP contribution in [0.15, 0.2) is 47.8 Å². The second kappa shape index (κ2) is 16.3. The number of nitrogens with zero attached hydrogens (tertiary/aromatic N) is 1. The molecule has 1 aromatic heterocycles. The Balaban J connectivity index is 1.96. The molecule has 10 nitrogen and oxygen atoms in total. The topological polar surface area (TPSA) is 137 Å². The van der Waals surface area contributed by atoms with E-state index in [9.17, 15) is 24.0 Å². The molecule has 12 heteroatoms. The van der Waals surface area contributed by atoms with Gasteiger partial charge in [0.15, 0.2) is 0 Å². The van der Waals surface area contributed by atoms with Crippen LogP contribution in [-0.4, -0.2) is 83.7 Å². The van der Waals surface area contributed by atoms with Gasteiger partial charge >= 0.3 is 0 Å². The normalized spacial score (nSPS) is 22.8. The Kier molecular flexibility index (Phi) is 12.9. The smallest absolute Gasteiger partial charge is 0.243 e. The summed E-state index contributed by atoms with van der Waals surface area (Å²) in [7, 11) is 0. The molecule has 0 bridgehead atoms. The third kappa shape index (κ3) is 10.2. The molecule has 1 fully saturated rings. The van der Waals surface area contributed by atoms with Crippen molar-refractivity contribution in [1.29, 1.82) is 0 Å². The van der Waals surface area contributed by atoms with Crippen LogP contribution in [0.3, 0.4) is 0 Å². The third-order valence-corrected chi connectivity index (χ3v) is 8.49. The first kappa shape index (κ1) is 33.1. The molecule has 0 spiro atoms. The quantitative estimate of drug-likeness (QED) is 0.357. The van der Waals surface area contributed by atoms with Crippen LogP contribution in [0, 0.1) is 5.92 Å². The maximum absolute atomic E-state index is 13.5. The molecule has 1 aliphatic heterocycles. The molecule has 0 aliphatic carbocycles. The van der Waals surface area contributed by atoms with E-state index in [0.29, 0.717) is 18.6 Å². The standard InChI is InChI=1S/C30H41N5O5S2/c1-19(2)27-30(40)33-24(12-14-41-4)29(39)31-20(3)28(38)32-22(15-21-9-6-5-7-10-21)17-35(18-25(36)34-27)26(37)16-23-11-8-13-42-23/h5-11,13,19-20,22,24,27H,12,14-18H2,1-4H3,(H,31,39)(H,32,38)(H,33,40)(H,34,36)/t20-,22+,24-,27-/m0/s1. The second-order valence-electron chi connectivity index (χ2n) is 10.8. The van der Waals surface area contributed by atoms with Gasteiger partial charge in [-0.3, -0.25) is 24.0 Å². The zero-order valence-corrected chi connectivity index (χ0v) is 26.2. The number of carbonyl (C=O) groups excluding carboxylic acids is 5. The van der Waals surface area contributed by atoms with Gasteiger partial charge in [-0.05, 0) is 54.7 Å². The Morgan fingerprint density at radius 2 is 1.71 bits per heavy atom. The summed E-state index contributed by atoms with van der Waals surface area (Å²) >= 11 is 2.98. The Hall–Kier alpha value is -3.38. The van der Waals surface area contributed by atoms with E-state index in [1.165, 1.54) is 28.0 Å². The number of amides is 5. The molecule has 2 heterocycles. The number of nitrogens with one attached hydrogen (secondary N) is 4. The van der Waals surface area contributed by atoms with Crippen LogP contribution in [0.25, 0.3) is 0 Å². The highest BCUT2D eigenvalue weighted by atomic mass is 32.2. The van der Waals surface area contributed by atoms with Gasteiger partial charge in [0.2, 0.25) is 29.5 Å². The van der Waals surface area contributed by atoms with Crippen LogP contribution < -0.4 is 21.3 Å². The average Bonchev–Trinajstić information content (AvgIpc) is 3.46. The van der Waals surface area contributed by atoms with Gasteiger partial charge in [-0.1, -0.05) is 50.2 Å². The minimum atomic E-state index is -0.918. The molecule has 228 valence electrons. The highest BCUT2D eigenvalue weighted by molar-refractivity contribution is 7.98. The molecule has 2 aromatic rings. The van der Waals surface area contributed by atoms with E-state index < -0.39 is 47.8 Å². The number of hydrogen-bond donors (Lipinski definition) is 4. The Labute approximate surface area is 255 Å². The van der Waals surface area contributed by atoms with Crippen molar-refractivity contribution in [2.24, 2.45) is 5.92 Å². The monoisotopic (exact) mass is 615 g/mol. The fourth-order valence-corrected chi connectivity index (χ4v) is 5.82. The summed E-state index contributed by atoms with van der Waals surface area (Å²) in [6, 6.07) is 10.0. The molecule has 42 heavy (non-hydrogen) atoms. The fourth-order valence-electron chi connectivity index (χ4n) is 4.65. The van der Waals surface area contributed by atoms with E-state index in [0.717, 1.165) is 10.4 Å². The highest BCUT2D eigenvalue weighted by Crippen LogP contribution is 2.13. The van der Waals surface area contributed by atoms with Crippen molar-refractivity contribution in [1.82, 2.24) is 26.2 Å². The van der Waals surface area contributed by atoms with Crippen molar-refractivity contribution < 1.29 is 24.0 Å². The van der Waals surface area contributed by atoms with Gasteiger partial charge < -0.3 is 26.2 Å². The molecule has 1 aromatic carbocycles. The predicted molar refractivity (Wildman–Crippen MR) is 166 cm³/mol. The van der Waals surface area contributed by atoms with E-state index in [4.69, 9.17) is 0 Å². The second-order valence-corrected chi connectivity index (χ2v) is 12.8. The number of thioether (sulfide) groups is 1. The first-order valence-electron chi connectivity index (χ1n) is 14.1. The van der Waals surface area contributed by atoms with Crippen LogP contribution in [0.5, 0.6) is 0 Å². The third-order valence-electron chi connectivity index (χ3n) is 6.97. The van der Waals surface area contributed by atoms with Gasteiger partial charge in [-0.15, -0.1) is 11.3 Å². The SMILES string of the molecule is CSCC[C@@H]1NC(=O)[C@H](C(C)C)NC(=O)CN(C(=O)Cc2cccs2)C[C@@H](Cc2ccccc2)NC(=O)[C@H](C)NC1=O. The van der Waals surface area contributed by atoms with Crippen molar-refractivity contribution >= 4 is 52.6 Å². The first-order chi connectivity index (χ1) is 20.1. The molecule has 0 radical (unpaired) electrons. The van der Waals surface area contributed by atoms with Crippen molar-refractivity contribution in [2.45, 2.75) is 64.2 Å². The van der Waals surface area contributed by atoms with Crippen LogP contribution in [0.4, 0.5) is 0 Å². The van der Waals surface area contributed by atoms with E-state index in [2.05, 4.69) is 21.3 Å². The van der Waals surface area contributed by atoms with Crippen LogP contribution in [0.1, 0.15) is 37.6 Å². The summed E-state index contributed by atoms with van der Waals surface area (Å²) in [5, 5.41) is 13.2. The molecule has 4 atom stereocenters. The van der Waals surface area contributed by atoms with E-state index in [1.54, 1.807) is 20.8 Å². The first-order valence-corrected chi connectivity index (χ1v) is 16.4. The molecular weight excluding hydrogens is 574 g/mol. The zero-order valence-electron chi connectivity index (χ0n) is 24.6. The largest absolute Gasteiger partial charge is 0.349 e. The fraction of sp³-hybridized carbons (Fsp3) is 0.500. The summed E-state index contributed by atoms with van der Waals surface area (Å²) in [5.41, 5.74) is 0.944. The van der Waals surface area contributed by atoms with Gasteiger partial charge in [0, 0.05) is 11.4 Å². The van der Waals surface area contributed by atoms with E-state index in [1.807, 2.05) is 54.1 Å². The molecule has 0 saturated carbocycles. The van der Waals surface area contributed by atoms with Crippen LogP contribution >= 0.6 is 23.1 Å². The molecule has 5 amide bonds. The lowest BCUT2D eigenvalue weighted by atomic mass is 10.0. The maximum Gasteiger partial charge on any atom is 0.243 e. The maximum atomic E-state index is 13.5. The predicted octanol–water partition coefficient (Wildman–Crippen LogP) is 1.74. The van der Waals surface area contributed by atoms with Gasteiger partial charge in [-0.25, -0.2) is 0 Å². The van der Waals surface area contributed by atoms with Gasteiger partial charge in [-0.2, -0.15) is 11.8 Å². The highest BCUT2D eigenvalue weighted by Gasteiger charge is 2.32. The average molecular weight is 616 g/mol. The summed E-state index contributed by atoms with van der Waals surface area (Å²) in [6.07, 6.45) is 2.77. The molecule has 4 N–H and O–H groups in total. The Morgan fingerprint density at radius 3 is 2.36 bits per heavy atom. The van der Waals surface area contributed by atoms with Gasteiger partial charge in [0.1, 0.15) is 18.1 Å². The van der Waals surface area contributed by atoms with Crippen LogP contribution in [0.2, 0.25) is 0 Å². The van der Waals surface area contributed by atoms with E-state index >= 15 is 0 Å². The minimum absolute atomic E-state index is 0.0633. The summed E-state index contributed by atoms with van der Waals surface area (Å²) in [6.45, 7) is 4.96. The number of benzene rings is 1. The molecular formula is C30H41N5O5S2. The van der Waals surface area contributed by atoms with Gasteiger partial charge in [0.05, 0.1) is 19.0 Å². The van der Waals surface area contributed by atoms with Crippen molar-refractivity contribution in [3.05, 3.63) is 58.3 Å². The lowest BCUT2D eigenvalue weighted by Crippen LogP contribution is -2.57.